The number of rotatable bonds is 9. The number of hydrogen-bond donors (Lipinski definition) is 1. The summed E-state index contributed by atoms with van der Waals surface area (Å²) >= 11 is 0. The fraction of sp³-hybridized carbons (Fsp3) is 0.350. The van der Waals surface area contributed by atoms with Crippen molar-refractivity contribution in [3.8, 4) is 5.75 Å². The van der Waals surface area contributed by atoms with Gasteiger partial charge in [-0.15, -0.1) is 0 Å². The lowest BCUT2D eigenvalue weighted by atomic mass is 10.2. The molecule has 0 unspecified atom stereocenters. The van der Waals surface area contributed by atoms with Crippen molar-refractivity contribution >= 4 is 31.6 Å². The molecule has 0 aromatic heterocycles. The van der Waals surface area contributed by atoms with Gasteiger partial charge in [-0.25, -0.2) is 21.1 Å². The average Bonchev–Trinajstić information content (AvgIpc) is 2.70. The zero-order chi connectivity index (χ0) is 23.4. The van der Waals surface area contributed by atoms with Gasteiger partial charge in [-0.1, -0.05) is 6.07 Å². The van der Waals surface area contributed by atoms with E-state index in [0.717, 1.165) is 8.61 Å². The van der Waals surface area contributed by atoms with Crippen LogP contribution in [0.15, 0.2) is 52.3 Å². The lowest BCUT2D eigenvalue weighted by molar-refractivity contribution is -0.116. The molecule has 0 saturated carbocycles. The second kappa shape index (κ2) is 9.77. The molecule has 11 heteroatoms. The SMILES string of the molecule is CCOc1ccc(S(=O)(=O)N(C)CC(=O)Nc2cc(S(=O)(=O)N(C)C)ccc2C)cc1. The van der Waals surface area contributed by atoms with Crippen molar-refractivity contribution in [3.05, 3.63) is 48.0 Å². The molecule has 2 aromatic rings. The van der Waals surface area contributed by atoms with E-state index >= 15 is 0 Å². The maximum absolute atomic E-state index is 12.7. The third-order valence-corrected chi connectivity index (χ3v) is 8.10. The highest BCUT2D eigenvalue weighted by Crippen LogP contribution is 2.23. The third-order valence-electron chi connectivity index (χ3n) is 4.47. The molecule has 0 atom stereocenters. The quantitative estimate of drug-likeness (QED) is 0.600. The van der Waals surface area contributed by atoms with Gasteiger partial charge in [0, 0.05) is 26.8 Å². The van der Waals surface area contributed by atoms with Gasteiger partial charge in [0.05, 0.1) is 22.9 Å². The fourth-order valence-corrected chi connectivity index (χ4v) is 4.69. The highest BCUT2D eigenvalue weighted by Gasteiger charge is 2.24. The molecule has 1 amide bonds. The zero-order valence-electron chi connectivity index (χ0n) is 18.1. The van der Waals surface area contributed by atoms with E-state index in [1.807, 2.05) is 6.92 Å². The highest BCUT2D eigenvalue weighted by atomic mass is 32.2. The Kier molecular flexibility index (Phi) is 7.82. The number of carbonyl (C=O) groups excluding carboxylic acids is 1. The van der Waals surface area contributed by atoms with Gasteiger partial charge in [-0.05, 0) is 55.8 Å². The monoisotopic (exact) mass is 469 g/mol. The molecular weight excluding hydrogens is 442 g/mol. The largest absolute Gasteiger partial charge is 0.494 e. The Morgan fingerprint density at radius 3 is 2.06 bits per heavy atom. The van der Waals surface area contributed by atoms with Gasteiger partial charge in [0.2, 0.25) is 26.0 Å². The van der Waals surface area contributed by atoms with E-state index in [2.05, 4.69) is 5.32 Å². The molecule has 0 saturated heterocycles. The molecule has 0 spiro atoms. The number of aryl methyl sites for hydroxylation is 1. The average molecular weight is 470 g/mol. The van der Waals surface area contributed by atoms with Crippen LogP contribution in [0.4, 0.5) is 5.69 Å². The lowest BCUT2D eigenvalue weighted by Gasteiger charge is -2.18. The second-order valence-electron chi connectivity index (χ2n) is 6.98. The minimum Gasteiger partial charge on any atom is -0.494 e. The normalized spacial score (nSPS) is 12.2. The van der Waals surface area contributed by atoms with Crippen molar-refractivity contribution in [2.24, 2.45) is 0 Å². The molecule has 31 heavy (non-hydrogen) atoms. The van der Waals surface area contributed by atoms with E-state index in [1.165, 1.54) is 45.4 Å². The highest BCUT2D eigenvalue weighted by molar-refractivity contribution is 7.89. The first-order valence-electron chi connectivity index (χ1n) is 9.41. The molecule has 0 fully saturated rings. The minimum absolute atomic E-state index is 0.0220. The van der Waals surface area contributed by atoms with Gasteiger partial charge in [0.1, 0.15) is 5.75 Å². The van der Waals surface area contributed by atoms with Crippen LogP contribution in [0.5, 0.6) is 5.75 Å². The third kappa shape index (κ3) is 5.82. The predicted molar refractivity (Wildman–Crippen MR) is 118 cm³/mol. The number of amides is 1. The van der Waals surface area contributed by atoms with E-state index < -0.39 is 32.5 Å². The summed E-state index contributed by atoms with van der Waals surface area (Å²) in [6.45, 7) is 3.55. The van der Waals surface area contributed by atoms with E-state index in [4.69, 9.17) is 4.74 Å². The van der Waals surface area contributed by atoms with Crippen LogP contribution in [-0.2, 0) is 24.8 Å². The molecule has 2 aromatic carbocycles. The van der Waals surface area contributed by atoms with Crippen molar-refractivity contribution in [2.45, 2.75) is 23.6 Å². The topological polar surface area (TPSA) is 113 Å². The van der Waals surface area contributed by atoms with Gasteiger partial charge in [-0.2, -0.15) is 4.31 Å². The molecular formula is C20H27N3O6S2. The molecule has 170 valence electrons. The maximum atomic E-state index is 12.7. The fourth-order valence-electron chi connectivity index (χ4n) is 2.64. The van der Waals surface area contributed by atoms with Crippen molar-refractivity contribution in [1.29, 1.82) is 0 Å². The van der Waals surface area contributed by atoms with Crippen molar-refractivity contribution in [1.82, 2.24) is 8.61 Å². The standard InChI is InChI=1S/C20H27N3O6S2/c1-6-29-16-8-11-17(12-9-16)31(27,28)23(5)14-20(24)21-19-13-18(10-7-15(19)2)30(25,26)22(3)4/h7-13H,6,14H2,1-5H3,(H,21,24). The molecule has 0 aliphatic heterocycles. The molecule has 1 N–H and O–H groups in total. The second-order valence-corrected chi connectivity index (χ2v) is 11.2. The van der Waals surface area contributed by atoms with Crippen LogP contribution >= 0.6 is 0 Å². The number of ether oxygens (including phenoxy) is 1. The zero-order valence-corrected chi connectivity index (χ0v) is 19.7. The number of sulfonamides is 2. The molecule has 0 heterocycles. The summed E-state index contributed by atoms with van der Waals surface area (Å²) in [6.07, 6.45) is 0. The van der Waals surface area contributed by atoms with Crippen molar-refractivity contribution in [3.63, 3.8) is 0 Å². The van der Waals surface area contributed by atoms with E-state index in [-0.39, 0.29) is 9.79 Å². The number of likely N-dealkylation sites (N-methyl/N-ethyl adjacent to an activating group) is 1. The number of anilines is 1. The number of nitrogens with zero attached hydrogens (tertiary/aromatic N) is 2. The maximum Gasteiger partial charge on any atom is 0.243 e. The first-order valence-corrected chi connectivity index (χ1v) is 12.3. The first-order chi connectivity index (χ1) is 14.4. The molecule has 0 bridgehead atoms. The van der Waals surface area contributed by atoms with Gasteiger partial charge in [-0.3, -0.25) is 4.79 Å². The Hall–Kier alpha value is -2.47. The number of benzene rings is 2. The van der Waals surface area contributed by atoms with Crippen molar-refractivity contribution in [2.75, 3.05) is 39.6 Å². The van der Waals surface area contributed by atoms with E-state index in [9.17, 15) is 21.6 Å². The predicted octanol–water partition coefficient (Wildman–Crippen LogP) is 1.90. The Balaban J connectivity index is 2.16. The lowest BCUT2D eigenvalue weighted by Crippen LogP contribution is -2.35. The first kappa shape index (κ1) is 24.8. The summed E-state index contributed by atoms with van der Waals surface area (Å²) < 4.78 is 57.4. The van der Waals surface area contributed by atoms with E-state index in [1.54, 1.807) is 25.1 Å². The molecule has 0 aliphatic carbocycles. The van der Waals surface area contributed by atoms with Crippen LogP contribution in [0, 0.1) is 6.92 Å². The summed E-state index contributed by atoms with van der Waals surface area (Å²) in [6, 6.07) is 10.3. The Morgan fingerprint density at radius 2 is 1.52 bits per heavy atom. The molecule has 2 rings (SSSR count). The summed E-state index contributed by atoms with van der Waals surface area (Å²) in [5, 5.41) is 2.59. The van der Waals surface area contributed by atoms with Gasteiger partial charge in [0.15, 0.2) is 0 Å². The van der Waals surface area contributed by atoms with Crippen molar-refractivity contribution < 1.29 is 26.4 Å². The van der Waals surface area contributed by atoms with Gasteiger partial charge >= 0.3 is 0 Å². The van der Waals surface area contributed by atoms with Crippen LogP contribution in [0.2, 0.25) is 0 Å². The van der Waals surface area contributed by atoms with Gasteiger partial charge in [0.25, 0.3) is 0 Å². The van der Waals surface area contributed by atoms with Crippen LogP contribution in [0.25, 0.3) is 0 Å². The summed E-state index contributed by atoms with van der Waals surface area (Å²) in [5.41, 5.74) is 0.933. The summed E-state index contributed by atoms with van der Waals surface area (Å²) in [5.74, 6) is -0.0515. The summed E-state index contributed by atoms with van der Waals surface area (Å²) in [7, 11) is -3.45. The number of nitrogens with one attached hydrogen (secondary N) is 1. The molecule has 0 aliphatic rings. The molecule has 9 nitrogen and oxygen atoms in total. The Bertz CT molecular complexity index is 1140. The summed E-state index contributed by atoms with van der Waals surface area (Å²) in [4.78, 5) is 12.5. The van der Waals surface area contributed by atoms with Crippen LogP contribution in [0.1, 0.15) is 12.5 Å². The Labute approximate surface area is 183 Å². The van der Waals surface area contributed by atoms with Crippen LogP contribution < -0.4 is 10.1 Å². The van der Waals surface area contributed by atoms with Crippen LogP contribution in [0.3, 0.4) is 0 Å². The van der Waals surface area contributed by atoms with Crippen LogP contribution in [-0.4, -0.2) is 65.6 Å². The minimum atomic E-state index is -3.90. The molecule has 0 radical (unpaired) electrons. The smallest absolute Gasteiger partial charge is 0.243 e. The number of hydrogen-bond acceptors (Lipinski definition) is 6. The van der Waals surface area contributed by atoms with Gasteiger partial charge < -0.3 is 10.1 Å². The van der Waals surface area contributed by atoms with E-state index in [0.29, 0.717) is 23.6 Å². The number of carbonyl (C=O) groups is 1. The Morgan fingerprint density at radius 1 is 0.935 bits per heavy atom.